The first-order valence-corrected chi connectivity index (χ1v) is 14.1. The molecule has 4 aliphatic rings. The van der Waals surface area contributed by atoms with Crippen molar-refractivity contribution in [2.75, 3.05) is 14.1 Å². The van der Waals surface area contributed by atoms with Gasteiger partial charge in [-0.2, -0.15) is 0 Å². The van der Waals surface area contributed by atoms with E-state index in [9.17, 15) is 0 Å². The van der Waals surface area contributed by atoms with Crippen LogP contribution in [-0.4, -0.2) is 56.1 Å². The molecule has 4 nitrogen and oxygen atoms in total. The summed E-state index contributed by atoms with van der Waals surface area (Å²) in [5, 5.41) is 0. The maximum Gasteiger partial charge on any atom is 0.371 e. The van der Waals surface area contributed by atoms with Gasteiger partial charge in [0.25, 0.3) is 0 Å². The minimum Gasteiger partial charge on any atom is -0.303 e. The smallest absolute Gasteiger partial charge is 0.303 e. The molecule has 4 rings (SSSR count). The lowest BCUT2D eigenvalue weighted by atomic mass is 10.2. The summed E-state index contributed by atoms with van der Waals surface area (Å²) in [5.74, 6) is 0. The quantitative estimate of drug-likeness (QED) is 0.605. The van der Waals surface area contributed by atoms with E-state index in [0.717, 1.165) is 24.2 Å². The molecule has 4 aliphatic carbocycles. The molecule has 0 spiro atoms. The Kier molecular flexibility index (Phi) is 6.97. The summed E-state index contributed by atoms with van der Waals surface area (Å²) in [7, 11) is 2.48. The fraction of sp³-hybridized carbons (Fsp3) is 1.00. The fourth-order valence-electron chi connectivity index (χ4n) is 7.16. The highest BCUT2D eigenvalue weighted by Gasteiger charge is 2.55. The molecule has 0 unspecified atom stereocenters. The van der Waals surface area contributed by atoms with E-state index in [2.05, 4.69) is 33.2 Å². The lowest BCUT2D eigenvalue weighted by Gasteiger charge is -2.56. The van der Waals surface area contributed by atoms with E-state index >= 15 is 0 Å². The molecule has 0 saturated heterocycles. The van der Waals surface area contributed by atoms with Crippen molar-refractivity contribution in [3.8, 4) is 0 Å². The molecular formula is C22H44N4Si. The molecule has 27 heavy (non-hydrogen) atoms. The van der Waals surface area contributed by atoms with Gasteiger partial charge in [0.2, 0.25) is 0 Å². The second kappa shape index (κ2) is 9.25. The maximum atomic E-state index is 4.05. The highest BCUT2D eigenvalue weighted by Crippen LogP contribution is 2.40. The molecule has 5 heteroatoms. The zero-order chi connectivity index (χ0) is 18.7. The van der Waals surface area contributed by atoms with Crippen molar-refractivity contribution in [1.29, 1.82) is 0 Å². The lowest BCUT2D eigenvalue weighted by molar-refractivity contribution is 0.147. The average Bonchev–Trinajstić information content (AvgIpc) is 3.51. The van der Waals surface area contributed by atoms with Crippen molar-refractivity contribution in [3.05, 3.63) is 0 Å². The Bertz CT molecular complexity index is 375. The van der Waals surface area contributed by atoms with E-state index in [0.29, 0.717) is 0 Å². The van der Waals surface area contributed by atoms with Crippen LogP contribution in [0.25, 0.3) is 0 Å². The first kappa shape index (κ1) is 20.3. The van der Waals surface area contributed by atoms with Crippen LogP contribution in [0.3, 0.4) is 0 Å². The molecule has 4 saturated carbocycles. The zero-order valence-electron chi connectivity index (χ0n) is 18.0. The molecule has 2 N–H and O–H groups in total. The molecule has 0 aliphatic heterocycles. The van der Waals surface area contributed by atoms with E-state index < -0.39 is 8.72 Å². The molecule has 0 heterocycles. The number of rotatable bonds is 8. The third-order valence-electron chi connectivity index (χ3n) is 8.32. The number of hydrogen-bond donors (Lipinski definition) is 2. The highest BCUT2D eigenvalue weighted by molar-refractivity contribution is 6.69. The highest BCUT2D eigenvalue weighted by atomic mass is 28.4. The van der Waals surface area contributed by atoms with E-state index in [1.165, 1.54) is 103 Å². The summed E-state index contributed by atoms with van der Waals surface area (Å²) >= 11 is 0. The first-order valence-electron chi connectivity index (χ1n) is 12.2. The first-order chi connectivity index (χ1) is 13.3. The van der Waals surface area contributed by atoms with Crippen LogP contribution in [0.2, 0.25) is 0 Å². The lowest BCUT2D eigenvalue weighted by Crippen LogP contribution is -2.85. The Morgan fingerprint density at radius 2 is 0.704 bits per heavy atom. The van der Waals surface area contributed by atoms with E-state index in [-0.39, 0.29) is 0 Å². The summed E-state index contributed by atoms with van der Waals surface area (Å²) in [5.41, 5.74) is 0. The summed E-state index contributed by atoms with van der Waals surface area (Å²) in [6, 6.07) is 3.24. The van der Waals surface area contributed by atoms with Crippen LogP contribution in [0.1, 0.15) is 103 Å². The number of nitrogens with one attached hydrogen (secondary N) is 2. The second-order valence-electron chi connectivity index (χ2n) is 9.74. The third-order valence-corrected chi connectivity index (χ3v) is 12.7. The minimum absolute atomic E-state index is 0.810. The molecule has 0 atom stereocenters. The van der Waals surface area contributed by atoms with Crippen LogP contribution in [0.4, 0.5) is 0 Å². The van der Waals surface area contributed by atoms with Gasteiger partial charge in [0.05, 0.1) is 0 Å². The SMILES string of the molecule is CN[Si](NC)(N(C1CCCC1)C1CCCC1)N(C1CCCC1)C1CCCC1. The van der Waals surface area contributed by atoms with Crippen molar-refractivity contribution in [3.63, 3.8) is 0 Å². The number of nitrogens with zero attached hydrogens (tertiary/aromatic N) is 2. The monoisotopic (exact) mass is 392 g/mol. The van der Waals surface area contributed by atoms with Crippen LogP contribution >= 0.6 is 0 Å². The minimum atomic E-state index is -2.10. The summed E-state index contributed by atoms with van der Waals surface area (Å²) in [6.45, 7) is 0. The van der Waals surface area contributed by atoms with Gasteiger partial charge in [0.15, 0.2) is 0 Å². The number of hydrogen-bond acceptors (Lipinski definition) is 4. The largest absolute Gasteiger partial charge is 0.371 e. The molecular weight excluding hydrogens is 348 g/mol. The van der Waals surface area contributed by atoms with Gasteiger partial charge in [-0.1, -0.05) is 51.4 Å². The van der Waals surface area contributed by atoms with Gasteiger partial charge in [-0.05, 0) is 65.5 Å². The standard InChI is InChI=1S/C22H44N4Si/c1-23-27(24-2,25(19-11-3-4-12-19)20-13-5-6-14-20)26(21-15-7-8-16-21)22-17-9-10-18-22/h19-24H,3-18H2,1-2H3. The van der Waals surface area contributed by atoms with E-state index in [4.69, 9.17) is 0 Å². The predicted octanol–water partition coefficient (Wildman–Crippen LogP) is 4.24. The van der Waals surface area contributed by atoms with Crippen molar-refractivity contribution < 1.29 is 0 Å². The van der Waals surface area contributed by atoms with Crippen molar-refractivity contribution in [1.82, 2.24) is 19.1 Å². The Labute approximate surface area is 169 Å². The maximum absolute atomic E-state index is 4.05. The normalized spacial score (nSPS) is 27.1. The van der Waals surface area contributed by atoms with Crippen molar-refractivity contribution in [2.45, 2.75) is 127 Å². The molecule has 0 bridgehead atoms. The van der Waals surface area contributed by atoms with Gasteiger partial charge in [-0.15, -0.1) is 0 Å². The van der Waals surface area contributed by atoms with Crippen LogP contribution in [0.15, 0.2) is 0 Å². The Morgan fingerprint density at radius 1 is 0.481 bits per heavy atom. The van der Waals surface area contributed by atoms with Crippen molar-refractivity contribution in [2.24, 2.45) is 0 Å². The van der Waals surface area contributed by atoms with Crippen LogP contribution in [0.5, 0.6) is 0 Å². The van der Waals surface area contributed by atoms with Gasteiger partial charge in [0.1, 0.15) is 0 Å². The van der Waals surface area contributed by atoms with Gasteiger partial charge in [-0.25, -0.2) is 0 Å². The summed E-state index contributed by atoms with van der Waals surface area (Å²) in [4.78, 5) is 8.11. The Balaban J connectivity index is 1.71. The molecule has 0 aromatic heterocycles. The molecule has 0 aromatic carbocycles. The summed E-state index contributed by atoms with van der Waals surface area (Å²) in [6.07, 6.45) is 23.0. The van der Waals surface area contributed by atoms with E-state index in [1.807, 2.05) is 0 Å². The van der Waals surface area contributed by atoms with Gasteiger partial charge in [-0.3, -0.25) is 9.13 Å². The van der Waals surface area contributed by atoms with Crippen LogP contribution in [0, 0.1) is 0 Å². The molecule has 0 aromatic rings. The average molecular weight is 393 g/mol. The predicted molar refractivity (Wildman–Crippen MR) is 117 cm³/mol. The molecule has 4 fully saturated rings. The fourth-order valence-corrected chi connectivity index (χ4v) is 11.9. The topological polar surface area (TPSA) is 30.5 Å². The molecule has 0 amide bonds. The molecule has 0 radical (unpaired) electrons. The second-order valence-corrected chi connectivity index (χ2v) is 13.1. The van der Waals surface area contributed by atoms with Crippen LogP contribution < -0.4 is 9.96 Å². The van der Waals surface area contributed by atoms with Crippen LogP contribution in [-0.2, 0) is 0 Å². The molecule has 156 valence electrons. The Hall–Kier alpha value is 0.0569. The zero-order valence-corrected chi connectivity index (χ0v) is 19.0. The van der Waals surface area contributed by atoms with Gasteiger partial charge >= 0.3 is 8.72 Å². The van der Waals surface area contributed by atoms with Crippen molar-refractivity contribution >= 4 is 8.72 Å². The van der Waals surface area contributed by atoms with Gasteiger partial charge in [0, 0.05) is 24.2 Å². The third kappa shape index (κ3) is 3.92. The summed E-state index contributed by atoms with van der Waals surface area (Å²) < 4.78 is 6.23. The van der Waals surface area contributed by atoms with Gasteiger partial charge < -0.3 is 9.96 Å². The van der Waals surface area contributed by atoms with E-state index in [1.54, 1.807) is 0 Å². The Morgan fingerprint density at radius 3 is 0.889 bits per heavy atom.